The number of rotatable bonds is 4. The van der Waals surface area contributed by atoms with Crippen LogP contribution in [0.3, 0.4) is 0 Å². The van der Waals surface area contributed by atoms with Crippen LogP contribution in [0.15, 0.2) is 53.4 Å². The predicted molar refractivity (Wildman–Crippen MR) is 90.0 cm³/mol. The first-order valence-electron chi connectivity index (χ1n) is 7.52. The van der Waals surface area contributed by atoms with E-state index in [0.29, 0.717) is 25.1 Å². The zero-order valence-electron chi connectivity index (χ0n) is 12.8. The van der Waals surface area contributed by atoms with Crippen LogP contribution >= 0.6 is 0 Å². The molecule has 0 spiro atoms. The molecule has 0 unspecified atom stereocenters. The van der Waals surface area contributed by atoms with Crippen LogP contribution in [0.1, 0.15) is 18.9 Å². The average molecular weight is 330 g/mol. The molecule has 1 amide bonds. The van der Waals surface area contributed by atoms with Crippen molar-refractivity contribution in [2.24, 2.45) is 0 Å². The first-order valence-corrected chi connectivity index (χ1v) is 9.01. The predicted octanol–water partition coefficient (Wildman–Crippen LogP) is 2.79. The summed E-state index contributed by atoms with van der Waals surface area (Å²) in [5.74, 6) is 0.109. The molecule has 0 aromatic heterocycles. The van der Waals surface area contributed by atoms with Gasteiger partial charge in [-0.15, -0.1) is 0 Å². The van der Waals surface area contributed by atoms with Crippen molar-refractivity contribution in [2.75, 3.05) is 16.2 Å². The zero-order valence-corrected chi connectivity index (χ0v) is 13.6. The molecule has 1 heterocycles. The fourth-order valence-electron chi connectivity index (χ4n) is 2.78. The third-order valence-corrected chi connectivity index (χ3v) is 5.30. The maximum Gasteiger partial charge on any atom is 0.261 e. The number of carbonyl (C=O) groups is 1. The molecule has 0 aliphatic carbocycles. The molecule has 0 fully saturated rings. The fraction of sp³-hybridized carbons (Fsp3) is 0.235. The van der Waals surface area contributed by atoms with Gasteiger partial charge in [-0.25, -0.2) is 8.42 Å². The Morgan fingerprint density at radius 2 is 1.83 bits per heavy atom. The quantitative estimate of drug-likeness (QED) is 0.937. The molecule has 2 aromatic carbocycles. The highest BCUT2D eigenvalue weighted by atomic mass is 32.2. The van der Waals surface area contributed by atoms with E-state index in [1.54, 1.807) is 47.4 Å². The van der Waals surface area contributed by atoms with Crippen LogP contribution < -0.4 is 9.62 Å². The summed E-state index contributed by atoms with van der Waals surface area (Å²) in [5, 5.41) is 0. The number of hydrogen-bond donors (Lipinski definition) is 1. The van der Waals surface area contributed by atoms with Crippen molar-refractivity contribution >= 4 is 27.3 Å². The third-order valence-electron chi connectivity index (χ3n) is 3.90. The molecule has 120 valence electrons. The number of carbonyl (C=O) groups excluding carboxylic acids is 1. The molecule has 1 N–H and O–H groups in total. The van der Waals surface area contributed by atoms with Gasteiger partial charge in [-0.2, -0.15) is 0 Å². The van der Waals surface area contributed by atoms with Gasteiger partial charge in [0.1, 0.15) is 0 Å². The summed E-state index contributed by atoms with van der Waals surface area (Å²) >= 11 is 0. The van der Waals surface area contributed by atoms with Crippen LogP contribution in [0.25, 0.3) is 0 Å². The van der Waals surface area contributed by atoms with E-state index >= 15 is 0 Å². The van der Waals surface area contributed by atoms with Gasteiger partial charge < -0.3 is 4.90 Å². The Kier molecular flexibility index (Phi) is 4.09. The van der Waals surface area contributed by atoms with Gasteiger partial charge in [0.05, 0.1) is 4.90 Å². The lowest BCUT2D eigenvalue weighted by atomic mass is 10.0. The molecule has 2 aromatic rings. The minimum atomic E-state index is -3.60. The maximum atomic E-state index is 12.4. The number of nitrogens with zero attached hydrogens (tertiary/aromatic N) is 1. The summed E-state index contributed by atoms with van der Waals surface area (Å²) < 4.78 is 27.3. The van der Waals surface area contributed by atoms with Crippen molar-refractivity contribution < 1.29 is 13.2 Å². The Morgan fingerprint density at radius 3 is 2.52 bits per heavy atom. The van der Waals surface area contributed by atoms with Gasteiger partial charge in [-0.1, -0.05) is 18.2 Å². The van der Waals surface area contributed by atoms with Crippen LogP contribution in [0, 0.1) is 0 Å². The summed E-state index contributed by atoms with van der Waals surface area (Å²) in [6.45, 7) is 2.54. The van der Waals surface area contributed by atoms with Crippen molar-refractivity contribution in [1.82, 2.24) is 0 Å². The second-order valence-electron chi connectivity index (χ2n) is 5.40. The number of anilines is 2. The van der Waals surface area contributed by atoms with Crippen LogP contribution in [0.2, 0.25) is 0 Å². The normalized spacial score (nSPS) is 14.5. The van der Waals surface area contributed by atoms with E-state index in [9.17, 15) is 13.2 Å². The Morgan fingerprint density at radius 1 is 1.09 bits per heavy atom. The minimum absolute atomic E-state index is 0.109. The van der Waals surface area contributed by atoms with Crippen LogP contribution in [0.5, 0.6) is 0 Å². The van der Waals surface area contributed by atoms with Crippen molar-refractivity contribution in [3.05, 3.63) is 54.1 Å². The van der Waals surface area contributed by atoms with E-state index in [0.717, 1.165) is 11.3 Å². The van der Waals surface area contributed by atoms with Crippen molar-refractivity contribution in [3.63, 3.8) is 0 Å². The summed E-state index contributed by atoms with van der Waals surface area (Å²) in [6.07, 6.45) is 1.08. The van der Waals surface area contributed by atoms with Crippen molar-refractivity contribution in [3.8, 4) is 0 Å². The van der Waals surface area contributed by atoms with Gasteiger partial charge in [-0.05, 0) is 49.2 Å². The maximum absolute atomic E-state index is 12.4. The van der Waals surface area contributed by atoms with E-state index in [4.69, 9.17) is 0 Å². The first kappa shape index (κ1) is 15.6. The smallest absolute Gasteiger partial charge is 0.261 e. The zero-order chi connectivity index (χ0) is 16.4. The molecular weight excluding hydrogens is 312 g/mol. The number of amides is 1. The van der Waals surface area contributed by atoms with E-state index < -0.39 is 10.0 Å². The number of fused-ring (bicyclic) bond motifs is 1. The van der Waals surface area contributed by atoms with Gasteiger partial charge in [0, 0.05) is 24.3 Å². The molecule has 3 rings (SSSR count). The molecule has 5 nitrogen and oxygen atoms in total. The summed E-state index contributed by atoms with van der Waals surface area (Å²) in [5.41, 5.74) is 2.36. The molecule has 0 radical (unpaired) electrons. The molecule has 1 aliphatic rings. The highest BCUT2D eigenvalue weighted by Gasteiger charge is 2.23. The number of hydrogen-bond acceptors (Lipinski definition) is 3. The van der Waals surface area contributed by atoms with Gasteiger partial charge in [-0.3, -0.25) is 9.52 Å². The number of benzene rings is 2. The first-order chi connectivity index (χ1) is 11.0. The molecule has 23 heavy (non-hydrogen) atoms. The lowest BCUT2D eigenvalue weighted by Crippen LogP contribution is -2.34. The Bertz CT molecular complexity index is 832. The topological polar surface area (TPSA) is 66.5 Å². The van der Waals surface area contributed by atoms with Gasteiger partial charge in [0.25, 0.3) is 10.0 Å². The summed E-state index contributed by atoms with van der Waals surface area (Å²) in [6, 6.07) is 13.6. The third kappa shape index (κ3) is 3.07. The second kappa shape index (κ2) is 6.04. The lowest BCUT2D eigenvalue weighted by molar-refractivity contribution is -0.118. The van der Waals surface area contributed by atoms with E-state index in [2.05, 4.69) is 4.72 Å². The van der Waals surface area contributed by atoms with Crippen LogP contribution in [-0.2, 0) is 21.2 Å². The van der Waals surface area contributed by atoms with E-state index in [1.807, 2.05) is 13.0 Å². The second-order valence-corrected chi connectivity index (χ2v) is 7.08. The molecule has 0 saturated heterocycles. The Balaban J connectivity index is 1.90. The molecule has 1 aliphatic heterocycles. The van der Waals surface area contributed by atoms with E-state index in [1.165, 1.54) is 0 Å². The molecular formula is C17H18N2O3S. The highest BCUT2D eigenvalue weighted by Crippen LogP contribution is 2.30. The van der Waals surface area contributed by atoms with Gasteiger partial charge >= 0.3 is 0 Å². The van der Waals surface area contributed by atoms with E-state index in [-0.39, 0.29) is 10.8 Å². The standard InChI is InChI=1S/C17H18N2O3S/c1-2-19-16-10-9-14(12-13(16)8-11-17(19)20)18-23(21,22)15-6-4-3-5-7-15/h3-7,9-10,12,18H,2,8,11H2,1H3. The van der Waals surface area contributed by atoms with Crippen molar-refractivity contribution in [1.29, 1.82) is 0 Å². The molecule has 0 atom stereocenters. The number of sulfonamides is 1. The van der Waals surface area contributed by atoms with Gasteiger partial charge in [0.15, 0.2) is 0 Å². The fourth-order valence-corrected chi connectivity index (χ4v) is 3.85. The molecule has 6 heteroatoms. The number of nitrogens with one attached hydrogen (secondary N) is 1. The Hall–Kier alpha value is -2.34. The van der Waals surface area contributed by atoms with Crippen LogP contribution in [-0.4, -0.2) is 20.9 Å². The average Bonchev–Trinajstić information content (AvgIpc) is 2.55. The highest BCUT2D eigenvalue weighted by molar-refractivity contribution is 7.92. The van der Waals surface area contributed by atoms with Gasteiger partial charge in [0.2, 0.25) is 5.91 Å². The SMILES string of the molecule is CCN1C(=O)CCc2cc(NS(=O)(=O)c3ccccc3)ccc21. The minimum Gasteiger partial charge on any atom is -0.312 e. The lowest BCUT2D eigenvalue weighted by Gasteiger charge is -2.28. The largest absolute Gasteiger partial charge is 0.312 e. The number of aryl methyl sites for hydroxylation is 1. The summed E-state index contributed by atoms with van der Waals surface area (Å²) in [7, 11) is -3.60. The molecule has 0 saturated carbocycles. The monoisotopic (exact) mass is 330 g/mol. The Labute approximate surface area is 136 Å². The van der Waals surface area contributed by atoms with Crippen LogP contribution in [0.4, 0.5) is 11.4 Å². The van der Waals surface area contributed by atoms with Crippen molar-refractivity contribution in [2.45, 2.75) is 24.7 Å². The summed E-state index contributed by atoms with van der Waals surface area (Å²) in [4.78, 5) is 13.9. The molecule has 0 bridgehead atoms.